The minimum atomic E-state index is 0.552. The van der Waals surface area contributed by atoms with Crippen molar-refractivity contribution in [2.75, 3.05) is 13.6 Å². The molecule has 3 nitrogen and oxygen atoms in total. The lowest BCUT2D eigenvalue weighted by atomic mass is 10.00. The third-order valence-corrected chi connectivity index (χ3v) is 3.17. The van der Waals surface area contributed by atoms with Gasteiger partial charge in [-0.05, 0) is 36.6 Å². The van der Waals surface area contributed by atoms with Crippen molar-refractivity contribution in [2.45, 2.75) is 26.3 Å². The number of hydrogen-bond donors (Lipinski definition) is 1. The Morgan fingerprint density at radius 3 is 2.56 bits per heavy atom. The van der Waals surface area contributed by atoms with Crippen LogP contribution >= 0.6 is 0 Å². The molecule has 0 amide bonds. The van der Waals surface area contributed by atoms with Crippen LogP contribution in [0.1, 0.15) is 29.5 Å². The van der Waals surface area contributed by atoms with Crippen LogP contribution in [0.25, 0.3) is 0 Å². The number of aromatic nitrogens is 2. The van der Waals surface area contributed by atoms with E-state index in [1.807, 2.05) is 17.9 Å². The molecular weight excluding hydrogens is 222 g/mol. The lowest BCUT2D eigenvalue weighted by Crippen LogP contribution is -2.14. The summed E-state index contributed by atoms with van der Waals surface area (Å²) in [6, 6.07) is 8.82. The van der Waals surface area contributed by atoms with Crippen molar-refractivity contribution >= 4 is 0 Å². The van der Waals surface area contributed by atoms with Gasteiger partial charge in [0.2, 0.25) is 0 Å². The average Bonchev–Trinajstić information content (AvgIpc) is 2.76. The standard InChI is InChI=1S/C15H21N3/c1-12-8-17-18(10-12)11-14-4-6-15(7-5-14)13(2)9-16-3/h4-8,10,13,16H,9,11H2,1-3H3. The Bertz CT molecular complexity index is 485. The van der Waals surface area contributed by atoms with E-state index in [0.29, 0.717) is 5.92 Å². The quantitative estimate of drug-likeness (QED) is 0.874. The SMILES string of the molecule is CNCC(C)c1ccc(Cn2cc(C)cn2)cc1. The monoisotopic (exact) mass is 243 g/mol. The van der Waals surface area contributed by atoms with E-state index in [2.05, 4.69) is 54.7 Å². The van der Waals surface area contributed by atoms with Crippen molar-refractivity contribution in [1.29, 1.82) is 0 Å². The second-order valence-electron chi connectivity index (χ2n) is 4.92. The van der Waals surface area contributed by atoms with Gasteiger partial charge in [-0.3, -0.25) is 4.68 Å². The van der Waals surface area contributed by atoms with Crippen molar-refractivity contribution in [3.8, 4) is 0 Å². The molecule has 1 aromatic carbocycles. The second kappa shape index (κ2) is 5.83. The Labute approximate surface area is 109 Å². The maximum atomic E-state index is 4.30. The normalized spacial score (nSPS) is 12.6. The van der Waals surface area contributed by atoms with Crippen LogP contribution in [0.2, 0.25) is 0 Å². The minimum Gasteiger partial charge on any atom is -0.319 e. The van der Waals surface area contributed by atoms with E-state index < -0.39 is 0 Å². The molecule has 0 saturated carbocycles. The summed E-state index contributed by atoms with van der Waals surface area (Å²) >= 11 is 0. The van der Waals surface area contributed by atoms with E-state index in [1.54, 1.807) is 0 Å². The van der Waals surface area contributed by atoms with Gasteiger partial charge in [0.1, 0.15) is 0 Å². The molecule has 0 saturated heterocycles. The molecule has 2 aromatic rings. The largest absolute Gasteiger partial charge is 0.319 e. The van der Waals surface area contributed by atoms with E-state index >= 15 is 0 Å². The molecule has 0 fully saturated rings. The van der Waals surface area contributed by atoms with Crippen molar-refractivity contribution in [1.82, 2.24) is 15.1 Å². The number of nitrogens with zero attached hydrogens (tertiary/aromatic N) is 2. The van der Waals surface area contributed by atoms with Crippen LogP contribution in [0, 0.1) is 6.92 Å². The summed E-state index contributed by atoms with van der Waals surface area (Å²) in [5.41, 5.74) is 3.87. The molecule has 96 valence electrons. The van der Waals surface area contributed by atoms with E-state index in [-0.39, 0.29) is 0 Å². The van der Waals surface area contributed by atoms with Gasteiger partial charge in [0.25, 0.3) is 0 Å². The van der Waals surface area contributed by atoms with Crippen LogP contribution in [0.15, 0.2) is 36.7 Å². The van der Waals surface area contributed by atoms with Crippen molar-refractivity contribution < 1.29 is 0 Å². The average molecular weight is 243 g/mol. The van der Waals surface area contributed by atoms with Crippen LogP contribution in [-0.2, 0) is 6.54 Å². The van der Waals surface area contributed by atoms with Crippen LogP contribution in [0.5, 0.6) is 0 Å². The van der Waals surface area contributed by atoms with E-state index in [9.17, 15) is 0 Å². The van der Waals surface area contributed by atoms with Crippen molar-refractivity contribution in [3.05, 3.63) is 53.3 Å². The maximum absolute atomic E-state index is 4.30. The highest BCUT2D eigenvalue weighted by Crippen LogP contribution is 2.15. The number of rotatable bonds is 5. The molecule has 0 radical (unpaired) electrons. The second-order valence-corrected chi connectivity index (χ2v) is 4.92. The lowest BCUT2D eigenvalue weighted by Gasteiger charge is -2.11. The Hall–Kier alpha value is -1.61. The minimum absolute atomic E-state index is 0.552. The molecule has 2 rings (SSSR count). The van der Waals surface area contributed by atoms with Crippen molar-refractivity contribution in [2.24, 2.45) is 0 Å². The Kier molecular flexibility index (Phi) is 4.15. The molecule has 0 aliphatic carbocycles. The summed E-state index contributed by atoms with van der Waals surface area (Å²) in [5, 5.41) is 7.51. The molecule has 0 aliphatic heterocycles. The van der Waals surface area contributed by atoms with E-state index in [4.69, 9.17) is 0 Å². The third kappa shape index (κ3) is 3.20. The van der Waals surface area contributed by atoms with Gasteiger partial charge in [-0.1, -0.05) is 31.2 Å². The molecular formula is C15H21N3. The first-order valence-corrected chi connectivity index (χ1v) is 6.41. The zero-order valence-electron chi connectivity index (χ0n) is 11.4. The van der Waals surface area contributed by atoms with Crippen LogP contribution in [0.4, 0.5) is 0 Å². The van der Waals surface area contributed by atoms with Gasteiger partial charge in [0, 0.05) is 12.7 Å². The summed E-state index contributed by atoms with van der Waals surface area (Å²) in [6.45, 7) is 6.15. The molecule has 1 unspecified atom stereocenters. The van der Waals surface area contributed by atoms with Gasteiger partial charge >= 0.3 is 0 Å². The number of benzene rings is 1. The fourth-order valence-electron chi connectivity index (χ4n) is 2.12. The third-order valence-electron chi connectivity index (χ3n) is 3.17. The fraction of sp³-hybridized carbons (Fsp3) is 0.400. The maximum Gasteiger partial charge on any atom is 0.0659 e. The molecule has 0 aliphatic rings. The van der Waals surface area contributed by atoms with Crippen LogP contribution in [-0.4, -0.2) is 23.4 Å². The first-order chi connectivity index (χ1) is 8.69. The lowest BCUT2D eigenvalue weighted by molar-refractivity contribution is 0.672. The number of hydrogen-bond acceptors (Lipinski definition) is 2. The molecule has 1 heterocycles. The highest BCUT2D eigenvalue weighted by Gasteiger charge is 2.04. The van der Waals surface area contributed by atoms with Gasteiger partial charge < -0.3 is 5.32 Å². The number of aryl methyl sites for hydroxylation is 1. The smallest absolute Gasteiger partial charge is 0.0659 e. The number of nitrogens with one attached hydrogen (secondary N) is 1. The predicted molar refractivity (Wildman–Crippen MR) is 74.8 cm³/mol. The van der Waals surface area contributed by atoms with E-state index in [0.717, 1.165) is 13.1 Å². The predicted octanol–water partition coefficient (Wildman–Crippen LogP) is 2.56. The molecule has 0 spiro atoms. The summed E-state index contributed by atoms with van der Waals surface area (Å²) in [6.07, 6.45) is 3.96. The van der Waals surface area contributed by atoms with Gasteiger partial charge in [0.05, 0.1) is 12.7 Å². The topological polar surface area (TPSA) is 29.9 Å². The molecule has 1 atom stereocenters. The molecule has 1 aromatic heterocycles. The molecule has 18 heavy (non-hydrogen) atoms. The first kappa shape index (κ1) is 12.8. The van der Waals surface area contributed by atoms with E-state index in [1.165, 1.54) is 16.7 Å². The van der Waals surface area contributed by atoms with Gasteiger partial charge in [-0.2, -0.15) is 5.10 Å². The highest BCUT2D eigenvalue weighted by molar-refractivity contribution is 5.25. The summed E-state index contributed by atoms with van der Waals surface area (Å²) < 4.78 is 1.97. The first-order valence-electron chi connectivity index (χ1n) is 6.41. The fourth-order valence-corrected chi connectivity index (χ4v) is 2.12. The van der Waals surface area contributed by atoms with Crippen molar-refractivity contribution in [3.63, 3.8) is 0 Å². The summed E-state index contributed by atoms with van der Waals surface area (Å²) in [7, 11) is 1.99. The van der Waals surface area contributed by atoms with Crippen LogP contribution in [0.3, 0.4) is 0 Å². The zero-order valence-corrected chi connectivity index (χ0v) is 11.4. The zero-order chi connectivity index (χ0) is 13.0. The Balaban J connectivity index is 2.03. The molecule has 1 N–H and O–H groups in total. The van der Waals surface area contributed by atoms with Gasteiger partial charge in [-0.15, -0.1) is 0 Å². The number of likely N-dealkylation sites (N-methyl/N-ethyl adjacent to an activating group) is 1. The van der Waals surface area contributed by atoms with Gasteiger partial charge in [-0.25, -0.2) is 0 Å². The van der Waals surface area contributed by atoms with Gasteiger partial charge in [0.15, 0.2) is 0 Å². The van der Waals surface area contributed by atoms with Crippen LogP contribution < -0.4 is 5.32 Å². The Morgan fingerprint density at radius 1 is 1.28 bits per heavy atom. The highest BCUT2D eigenvalue weighted by atomic mass is 15.3. The summed E-state index contributed by atoms with van der Waals surface area (Å²) in [5.74, 6) is 0.552. The molecule has 3 heteroatoms. The summed E-state index contributed by atoms with van der Waals surface area (Å²) in [4.78, 5) is 0. The Morgan fingerprint density at radius 2 is 2.00 bits per heavy atom. The molecule has 0 bridgehead atoms.